The molecule has 2 aromatic rings. The van der Waals surface area contributed by atoms with Crippen molar-refractivity contribution in [1.82, 2.24) is 15.1 Å². The fourth-order valence-corrected chi connectivity index (χ4v) is 2.92. The van der Waals surface area contributed by atoms with E-state index < -0.39 is 0 Å². The number of aryl methyl sites for hydroxylation is 1. The minimum absolute atomic E-state index is 0.0734. The maximum absolute atomic E-state index is 5.40. The third-order valence-electron chi connectivity index (χ3n) is 3.89. The van der Waals surface area contributed by atoms with Crippen molar-refractivity contribution in [2.45, 2.75) is 33.4 Å². The lowest BCUT2D eigenvalue weighted by atomic mass is 10.1. The lowest BCUT2D eigenvalue weighted by Gasteiger charge is -2.17. The molecule has 0 saturated heterocycles. The zero-order valence-electron chi connectivity index (χ0n) is 13.4. The summed E-state index contributed by atoms with van der Waals surface area (Å²) in [6.07, 6.45) is 1.89. The van der Waals surface area contributed by atoms with Gasteiger partial charge in [-0.1, -0.05) is 0 Å². The van der Waals surface area contributed by atoms with Crippen LogP contribution in [0.15, 0.2) is 24.4 Å². The quantitative estimate of drug-likeness (QED) is 0.840. The molecule has 1 atom stereocenters. The summed E-state index contributed by atoms with van der Waals surface area (Å²) >= 11 is 5.40. The molecule has 1 aliphatic rings. The summed E-state index contributed by atoms with van der Waals surface area (Å²) in [5.74, 6) is 1.48. The third kappa shape index (κ3) is 3.24. The fraction of sp³-hybridized carbons (Fsp3) is 0.375. The van der Waals surface area contributed by atoms with Gasteiger partial charge in [0.2, 0.25) is 6.79 Å². The number of nitrogens with one attached hydrogen (secondary N) is 2. The normalized spacial score (nSPS) is 13.7. The Bertz CT molecular complexity index is 729. The van der Waals surface area contributed by atoms with Gasteiger partial charge in [0.1, 0.15) is 0 Å². The van der Waals surface area contributed by atoms with Crippen molar-refractivity contribution in [2.75, 3.05) is 12.1 Å². The highest BCUT2D eigenvalue weighted by atomic mass is 32.1. The van der Waals surface area contributed by atoms with Gasteiger partial charge in [-0.15, -0.1) is 0 Å². The minimum atomic E-state index is 0.0734. The maximum Gasteiger partial charge on any atom is 0.231 e. The first-order chi connectivity index (χ1) is 11.1. The lowest BCUT2D eigenvalue weighted by molar-refractivity contribution is 0.174. The van der Waals surface area contributed by atoms with Gasteiger partial charge < -0.3 is 20.1 Å². The molecule has 1 aromatic carbocycles. The molecule has 0 radical (unpaired) electrons. The molecule has 7 heteroatoms. The van der Waals surface area contributed by atoms with Gasteiger partial charge in [-0.3, -0.25) is 4.68 Å². The second-order valence-corrected chi connectivity index (χ2v) is 5.80. The zero-order valence-corrected chi connectivity index (χ0v) is 14.2. The summed E-state index contributed by atoms with van der Waals surface area (Å²) in [6.45, 7) is 7.33. The monoisotopic (exact) mass is 332 g/mol. The van der Waals surface area contributed by atoms with Crippen LogP contribution in [0, 0.1) is 6.92 Å². The molecular weight excluding hydrogens is 312 g/mol. The molecule has 2 heterocycles. The first-order valence-corrected chi connectivity index (χ1v) is 7.98. The average Bonchev–Trinajstić information content (AvgIpc) is 3.12. The Morgan fingerprint density at radius 2 is 2.17 bits per heavy atom. The molecule has 0 bridgehead atoms. The van der Waals surface area contributed by atoms with E-state index >= 15 is 0 Å². The van der Waals surface area contributed by atoms with Crippen molar-refractivity contribution in [3.63, 3.8) is 0 Å². The molecule has 1 unspecified atom stereocenters. The van der Waals surface area contributed by atoms with Gasteiger partial charge in [0.25, 0.3) is 0 Å². The van der Waals surface area contributed by atoms with E-state index in [4.69, 9.17) is 21.7 Å². The predicted molar refractivity (Wildman–Crippen MR) is 93.0 cm³/mol. The summed E-state index contributed by atoms with van der Waals surface area (Å²) in [7, 11) is 0. The number of aromatic nitrogens is 2. The Labute approximate surface area is 140 Å². The molecule has 1 aromatic heterocycles. The molecule has 122 valence electrons. The topological polar surface area (TPSA) is 60.3 Å². The van der Waals surface area contributed by atoms with E-state index in [2.05, 4.69) is 36.5 Å². The van der Waals surface area contributed by atoms with E-state index in [0.717, 1.165) is 35.0 Å². The molecular formula is C16H20N4O2S. The van der Waals surface area contributed by atoms with E-state index in [0.29, 0.717) is 5.11 Å². The molecule has 3 rings (SSSR count). The van der Waals surface area contributed by atoms with Crippen molar-refractivity contribution in [1.29, 1.82) is 0 Å². The molecule has 2 N–H and O–H groups in total. The third-order valence-corrected chi connectivity index (χ3v) is 4.11. The standard InChI is InChI=1S/C16H20N4O2S/c1-4-20-11(3)13(8-17-20)10(2)18-16(23)19-12-5-6-14-15(7-12)22-9-21-14/h5-8,10H,4,9H2,1-3H3,(H2,18,19,23). The molecule has 0 spiro atoms. The summed E-state index contributed by atoms with van der Waals surface area (Å²) in [4.78, 5) is 0. The van der Waals surface area contributed by atoms with Crippen molar-refractivity contribution >= 4 is 23.0 Å². The Kier molecular flexibility index (Phi) is 4.38. The summed E-state index contributed by atoms with van der Waals surface area (Å²) in [5.41, 5.74) is 3.15. The fourth-order valence-electron chi connectivity index (χ4n) is 2.62. The number of rotatable bonds is 4. The zero-order chi connectivity index (χ0) is 16.4. The van der Waals surface area contributed by atoms with Gasteiger partial charge in [0.15, 0.2) is 16.6 Å². The maximum atomic E-state index is 5.40. The van der Waals surface area contributed by atoms with Gasteiger partial charge in [-0.25, -0.2) is 0 Å². The first-order valence-electron chi connectivity index (χ1n) is 7.58. The van der Waals surface area contributed by atoms with E-state index in [1.807, 2.05) is 29.1 Å². The second kappa shape index (κ2) is 6.45. The van der Waals surface area contributed by atoms with Crippen LogP contribution in [0.3, 0.4) is 0 Å². The number of hydrogen-bond acceptors (Lipinski definition) is 4. The number of nitrogens with zero attached hydrogens (tertiary/aromatic N) is 2. The van der Waals surface area contributed by atoms with Crippen LogP contribution in [0.4, 0.5) is 5.69 Å². The van der Waals surface area contributed by atoms with Crippen LogP contribution in [-0.4, -0.2) is 21.7 Å². The van der Waals surface area contributed by atoms with E-state index in [1.165, 1.54) is 0 Å². The molecule has 0 aliphatic carbocycles. The van der Waals surface area contributed by atoms with Crippen LogP contribution in [0.5, 0.6) is 11.5 Å². The number of hydrogen-bond donors (Lipinski definition) is 2. The number of fused-ring (bicyclic) bond motifs is 1. The first kappa shape index (κ1) is 15.6. The van der Waals surface area contributed by atoms with Crippen LogP contribution in [-0.2, 0) is 6.54 Å². The Balaban J connectivity index is 1.63. The van der Waals surface area contributed by atoms with Gasteiger partial charge >= 0.3 is 0 Å². The van der Waals surface area contributed by atoms with Crippen LogP contribution in [0.2, 0.25) is 0 Å². The summed E-state index contributed by atoms with van der Waals surface area (Å²) in [5, 5.41) is 11.4. The highest BCUT2D eigenvalue weighted by Gasteiger charge is 2.16. The van der Waals surface area contributed by atoms with Gasteiger partial charge in [-0.05, 0) is 45.1 Å². The Hall–Kier alpha value is -2.28. The Morgan fingerprint density at radius 3 is 2.91 bits per heavy atom. The summed E-state index contributed by atoms with van der Waals surface area (Å²) in [6, 6.07) is 5.73. The van der Waals surface area contributed by atoms with Gasteiger partial charge in [0.05, 0.1) is 12.2 Å². The smallest absolute Gasteiger partial charge is 0.231 e. The van der Waals surface area contributed by atoms with Crippen molar-refractivity contribution in [3.05, 3.63) is 35.7 Å². The van der Waals surface area contributed by atoms with Crippen LogP contribution < -0.4 is 20.1 Å². The Morgan fingerprint density at radius 1 is 1.39 bits per heavy atom. The SMILES string of the molecule is CCn1ncc(C(C)NC(=S)Nc2ccc3c(c2)OCO3)c1C. The van der Waals surface area contributed by atoms with Crippen molar-refractivity contribution in [2.24, 2.45) is 0 Å². The lowest BCUT2D eigenvalue weighted by Crippen LogP contribution is -2.31. The molecule has 0 saturated carbocycles. The number of anilines is 1. The summed E-state index contributed by atoms with van der Waals surface area (Å²) < 4.78 is 12.6. The highest BCUT2D eigenvalue weighted by molar-refractivity contribution is 7.80. The molecule has 0 fully saturated rings. The minimum Gasteiger partial charge on any atom is -0.454 e. The highest BCUT2D eigenvalue weighted by Crippen LogP contribution is 2.34. The molecule has 1 aliphatic heterocycles. The largest absolute Gasteiger partial charge is 0.454 e. The van der Waals surface area contributed by atoms with E-state index in [-0.39, 0.29) is 12.8 Å². The number of thiocarbonyl (C=S) groups is 1. The van der Waals surface area contributed by atoms with E-state index in [9.17, 15) is 0 Å². The predicted octanol–water partition coefficient (Wildman–Crippen LogP) is 2.99. The van der Waals surface area contributed by atoms with Crippen molar-refractivity contribution < 1.29 is 9.47 Å². The van der Waals surface area contributed by atoms with Crippen LogP contribution in [0.25, 0.3) is 0 Å². The number of benzene rings is 1. The molecule has 0 amide bonds. The van der Waals surface area contributed by atoms with E-state index in [1.54, 1.807) is 0 Å². The van der Waals surface area contributed by atoms with Gasteiger partial charge in [-0.2, -0.15) is 5.10 Å². The van der Waals surface area contributed by atoms with Gasteiger partial charge in [0, 0.05) is 29.6 Å². The molecule has 6 nitrogen and oxygen atoms in total. The van der Waals surface area contributed by atoms with Crippen LogP contribution >= 0.6 is 12.2 Å². The van der Waals surface area contributed by atoms with Crippen LogP contribution in [0.1, 0.15) is 31.1 Å². The second-order valence-electron chi connectivity index (χ2n) is 5.39. The number of ether oxygens (including phenoxy) is 2. The molecule has 23 heavy (non-hydrogen) atoms. The average molecular weight is 332 g/mol. The van der Waals surface area contributed by atoms with Crippen molar-refractivity contribution in [3.8, 4) is 11.5 Å².